The summed E-state index contributed by atoms with van der Waals surface area (Å²) in [5, 5.41) is 20.3. The van der Waals surface area contributed by atoms with Crippen molar-refractivity contribution in [1.29, 1.82) is 0 Å². The van der Waals surface area contributed by atoms with Gasteiger partial charge in [0.25, 0.3) is 0 Å². The quantitative estimate of drug-likeness (QED) is 0.271. The van der Waals surface area contributed by atoms with Gasteiger partial charge in [-0.2, -0.15) is 0 Å². The van der Waals surface area contributed by atoms with Gasteiger partial charge in [0.2, 0.25) is 0 Å². The fourth-order valence-corrected chi connectivity index (χ4v) is 7.28. The Morgan fingerprint density at radius 3 is 2.69 bits per heavy atom. The van der Waals surface area contributed by atoms with Crippen LogP contribution < -0.4 is 0 Å². The monoisotopic (exact) mass is 496 g/mol. The van der Waals surface area contributed by atoms with Crippen LogP contribution in [0.1, 0.15) is 97.8 Å². The van der Waals surface area contributed by atoms with Crippen LogP contribution in [0.5, 0.6) is 0 Å². The van der Waals surface area contributed by atoms with E-state index in [1.54, 1.807) is 0 Å². The van der Waals surface area contributed by atoms with Crippen LogP contribution in [0.15, 0.2) is 47.6 Å². The Hall–Kier alpha value is -1.65. The molecule has 0 unspecified atom stereocenters. The van der Waals surface area contributed by atoms with Gasteiger partial charge in [-0.3, -0.25) is 4.79 Å². The molecule has 0 heterocycles. The molecule has 0 aliphatic heterocycles. The van der Waals surface area contributed by atoms with Crippen molar-refractivity contribution in [3.05, 3.63) is 47.6 Å². The van der Waals surface area contributed by atoms with Gasteiger partial charge in [-0.05, 0) is 104 Å². The lowest BCUT2D eigenvalue weighted by atomic mass is 9.61. The zero-order valence-electron chi connectivity index (χ0n) is 22.8. The Balaban J connectivity index is 1.43. The van der Waals surface area contributed by atoms with E-state index in [2.05, 4.69) is 51.7 Å². The maximum atomic E-state index is 12.3. The topological polar surface area (TPSA) is 66.8 Å². The van der Waals surface area contributed by atoms with Crippen LogP contribution in [0.2, 0.25) is 0 Å². The van der Waals surface area contributed by atoms with Gasteiger partial charge in [0.15, 0.2) is 0 Å². The number of hydrogen-bond donors (Lipinski definition) is 2. The maximum Gasteiger partial charge on any atom is 0.306 e. The summed E-state index contributed by atoms with van der Waals surface area (Å²) < 4.78 is 5.87. The molecule has 4 aliphatic rings. The van der Waals surface area contributed by atoms with Crippen LogP contribution >= 0.6 is 0 Å². The molecule has 0 radical (unpaired) electrons. The van der Waals surface area contributed by atoms with Crippen molar-refractivity contribution in [3.8, 4) is 0 Å². The summed E-state index contributed by atoms with van der Waals surface area (Å²) in [7, 11) is 0. The lowest BCUT2D eigenvalue weighted by Gasteiger charge is -2.44. The fourth-order valence-electron chi connectivity index (χ4n) is 7.28. The van der Waals surface area contributed by atoms with Crippen LogP contribution in [-0.4, -0.2) is 34.5 Å². The van der Waals surface area contributed by atoms with Crippen LogP contribution in [-0.2, 0) is 9.53 Å². The number of aliphatic hydroxyl groups excluding tert-OH is 2. The van der Waals surface area contributed by atoms with E-state index >= 15 is 0 Å². The highest BCUT2D eigenvalue weighted by Crippen LogP contribution is 2.59. The number of rotatable bonds is 9. The molecule has 2 N–H and O–H groups in total. The van der Waals surface area contributed by atoms with Gasteiger partial charge in [0, 0.05) is 12.8 Å². The average molecular weight is 497 g/mol. The first-order chi connectivity index (χ1) is 17.2. The van der Waals surface area contributed by atoms with Crippen molar-refractivity contribution in [2.75, 3.05) is 0 Å². The highest BCUT2D eigenvalue weighted by atomic mass is 16.5. The minimum atomic E-state index is -0.635. The van der Waals surface area contributed by atoms with Crippen molar-refractivity contribution < 1.29 is 19.7 Å². The van der Waals surface area contributed by atoms with Gasteiger partial charge in [0.1, 0.15) is 6.10 Å². The summed E-state index contributed by atoms with van der Waals surface area (Å²) >= 11 is 0. The third kappa shape index (κ3) is 6.25. The molecule has 0 aromatic heterocycles. The molecule has 0 amide bonds. The summed E-state index contributed by atoms with van der Waals surface area (Å²) in [6.07, 6.45) is 19.6. The SMILES string of the molecule is C=C1C(=CC=C2CCC[C@]3(C)[C@@H]([C@H](C)C=C[C@H](OC(=O)CCCC)C4CC4)CC[C@@H]23)C[C@@H](O)C[C@@H]1O. The van der Waals surface area contributed by atoms with Crippen LogP contribution in [0.3, 0.4) is 0 Å². The molecule has 7 atom stereocenters. The van der Waals surface area contributed by atoms with E-state index in [9.17, 15) is 15.0 Å². The van der Waals surface area contributed by atoms with E-state index in [-0.39, 0.29) is 17.5 Å². The number of carbonyl (C=O) groups excluding carboxylic acids is 1. The summed E-state index contributed by atoms with van der Waals surface area (Å²) in [4.78, 5) is 12.3. The Morgan fingerprint density at radius 1 is 1.19 bits per heavy atom. The van der Waals surface area contributed by atoms with E-state index in [0.717, 1.165) is 43.3 Å². The summed E-state index contributed by atoms with van der Waals surface area (Å²) in [6.45, 7) is 11.0. The van der Waals surface area contributed by atoms with Crippen molar-refractivity contribution >= 4 is 5.97 Å². The standard InChI is InChI=1S/C32H48O4/c1-5-6-9-31(35)36-30(24-12-13-24)17-10-21(2)27-15-16-28-23(8-7-18-32(27,28)4)11-14-25-19-26(33)20-29(34)22(25)3/h10-11,14,17,21,24,26-30,33-34H,3,5-9,12-13,15-16,18-20H2,1-2,4H3/t21-,26-,27-,28+,29+,30+,32-/m1/s1. The number of allylic oxidation sites excluding steroid dienone is 4. The number of fused-ring (bicyclic) bond motifs is 1. The highest BCUT2D eigenvalue weighted by molar-refractivity contribution is 5.69. The van der Waals surface area contributed by atoms with E-state index < -0.39 is 12.2 Å². The largest absolute Gasteiger partial charge is 0.458 e. The van der Waals surface area contributed by atoms with E-state index in [0.29, 0.717) is 42.9 Å². The van der Waals surface area contributed by atoms with Gasteiger partial charge >= 0.3 is 5.97 Å². The molecule has 4 rings (SSSR count). The third-order valence-corrected chi connectivity index (χ3v) is 9.63. The minimum absolute atomic E-state index is 0.0455. The Kier molecular flexibility index (Phi) is 8.99. The van der Waals surface area contributed by atoms with Gasteiger partial charge in [-0.15, -0.1) is 0 Å². The van der Waals surface area contributed by atoms with Crippen molar-refractivity contribution in [2.45, 2.75) is 116 Å². The fraction of sp³-hybridized carbons (Fsp3) is 0.719. The third-order valence-electron chi connectivity index (χ3n) is 9.63. The first-order valence-corrected chi connectivity index (χ1v) is 14.6. The second kappa shape index (κ2) is 11.8. The zero-order chi connectivity index (χ0) is 25.9. The Labute approximate surface area is 218 Å². The van der Waals surface area contributed by atoms with Crippen LogP contribution in [0.4, 0.5) is 0 Å². The molecular weight excluding hydrogens is 448 g/mol. The van der Waals surface area contributed by atoms with Gasteiger partial charge in [-0.25, -0.2) is 0 Å². The number of hydrogen-bond acceptors (Lipinski definition) is 4. The molecule has 4 saturated carbocycles. The number of carbonyl (C=O) groups is 1. The van der Waals surface area contributed by atoms with Gasteiger partial charge in [0.05, 0.1) is 12.2 Å². The molecule has 0 bridgehead atoms. The van der Waals surface area contributed by atoms with Gasteiger partial charge < -0.3 is 14.9 Å². The average Bonchev–Trinajstić information content (AvgIpc) is 3.62. The maximum absolute atomic E-state index is 12.3. The number of aliphatic hydroxyl groups is 2. The molecule has 4 aliphatic carbocycles. The Morgan fingerprint density at radius 2 is 1.97 bits per heavy atom. The Bertz CT molecular complexity index is 894. The summed E-state index contributed by atoms with van der Waals surface area (Å²) in [5.41, 5.74) is 3.56. The normalized spacial score (nSPS) is 36.9. The minimum Gasteiger partial charge on any atom is -0.458 e. The highest BCUT2D eigenvalue weighted by Gasteiger charge is 2.50. The second-order valence-electron chi connectivity index (χ2n) is 12.3. The lowest BCUT2D eigenvalue weighted by molar-refractivity contribution is -0.147. The van der Waals surface area contributed by atoms with E-state index in [4.69, 9.17) is 4.74 Å². The molecule has 4 heteroatoms. The number of ether oxygens (including phenoxy) is 1. The lowest BCUT2D eigenvalue weighted by Crippen LogP contribution is -2.35. The molecule has 4 fully saturated rings. The van der Waals surface area contributed by atoms with Crippen molar-refractivity contribution in [1.82, 2.24) is 0 Å². The number of unbranched alkanes of at least 4 members (excludes halogenated alkanes) is 1. The number of esters is 1. The summed E-state index contributed by atoms with van der Waals surface area (Å²) in [6, 6.07) is 0. The van der Waals surface area contributed by atoms with Crippen molar-refractivity contribution in [3.63, 3.8) is 0 Å². The molecule has 4 nitrogen and oxygen atoms in total. The first-order valence-electron chi connectivity index (χ1n) is 14.6. The van der Waals surface area contributed by atoms with Crippen molar-refractivity contribution in [2.24, 2.45) is 29.1 Å². The molecule has 0 aromatic rings. The molecule has 0 spiro atoms. The van der Waals surface area contributed by atoms with E-state index in [1.165, 1.54) is 31.3 Å². The van der Waals surface area contributed by atoms with Gasteiger partial charge in [-0.1, -0.05) is 57.6 Å². The van der Waals surface area contributed by atoms with E-state index in [1.807, 2.05) is 0 Å². The predicted octanol–water partition coefficient (Wildman–Crippen LogP) is 6.83. The smallest absolute Gasteiger partial charge is 0.306 e. The molecule has 36 heavy (non-hydrogen) atoms. The predicted molar refractivity (Wildman–Crippen MR) is 145 cm³/mol. The summed E-state index contributed by atoms with van der Waals surface area (Å²) in [5.74, 6) is 2.13. The first kappa shape index (κ1) is 27.4. The molecule has 200 valence electrons. The van der Waals surface area contributed by atoms with Crippen LogP contribution in [0, 0.1) is 29.1 Å². The zero-order valence-corrected chi connectivity index (χ0v) is 22.8. The van der Waals surface area contributed by atoms with Crippen LogP contribution in [0.25, 0.3) is 0 Å². The molecular formula is C32H48O4. The molecule has 0 aromatic carbocycles. The second-order valence-corrected chi connectivity index (χ2v) is 12.3. The molecule has 0 saturated heterocycles.